The van der Waals surface area contributed by atoms with Crippen LogP contribution in [0.2, 0.25) is 0 Å². The molecule has 2 aromatic rings. The van der Waals surface area contributed by atoms with E-state index in [1.54, 1.807) is 6.07 Å². The number of nitrogens with zero attached hydrogens (tertiary/aromatic N) is 4. The number of hydrogen-bond acceptors (Lipinski definition) is 5. The van der Waals surface area contributed by atoms with Crippen LogP contribution in [0.4, 0.5) is 11.5 Å². The number of nitro benzene ring substituents is 1. The van der Waals surface area contributed by atoms with Crippen molar-refractivity contribution in [3.8, 4) is 11.4 Å². The monoisotopic (exact) mass is 312 g/mol. The highest BCUT2D eigenvalue weighted by atomic mass is 16.6. The Bertz CT molecular complexity index is 747. The van der Waals surface area contributed by atoms with Crippen molar-refractivity contribution in [3.63, 3.8) is 0 Å². The third-order valence-corrected chi connectivity index (χ3v) is 4.59. The third kappa shape index (κ3) is 3.02. The van der Waals surface area contributed by atoms with Gasteiger partial charge in [-0.15, -0.1) is 0 Å². The molecular weight excluding hydrogens is 292 g/mol. The lowest BCUT2D eigenvalue weighted by Gasteiger charge is -2.25. The third-order valence-electron chi connectivity index (χ3n) is 4.59. The molecule has 0 bridgehead atoms. The van der Waals surface area contributed by atoms with Gasteiger partial charge >= 0.3 is 0 Å². The highest BCUT2D eigenvalue weighted by molar-refractivity contribution is 5.61. The minimum atomic E-state index is -0.398. The number of aryl methyl sites for hydroxylation is 1. The summed E-state index contributed by atoms with van der Waals surface area (Å²) < 4.78 is 0. The first-order valence-electron chi connectivity index (χ1n) is 7.83. The van der Waals surface area contributed by atoms with E-state index in [1.165, 1.54) is 12.1 Å². The van der Waals surface area contributed by atoms with E-state index >= 15 is 0 Å². The van der Waals surface area contributed by atoms with Gasteiger partial charge in [0.1, 0.15) is 5.82 Å². The standard InChI is InChI=1S/C17H20N4O2/c1-11-7-8-20(13(11)3)16-9-12(2)18-17(19-16)14-5-4-6-15(10-14)21(22)23/h4-6,9-11,13H,7-8H2,1-3H3. The maximum Gasteiger partial charge on any atom is 0.270 e. The fraction of sp³-hybridized carbons (Fsp3) is 0.412. The van der Waals surface area contributed by atoms with Gasteiger partial charge in [0.05, 0.1) is 4.92 Å². The van der Waals surface area contributed by atoms with E-state index < -0.39 is 4.92 Å². The van der Waals surface area contributed by atoms with Crippen molar-refractivity contribution in [2.24, 2.45) is 5.92 Å². The summed E-state index contributed by atoms with van der Waals surface area (Å²) in [5.41, 5.74) is 1.59. The first-order valence-corrected chi connectivity index (χ1v) is 7.83. The van der Waals surface area contributed by atoms with E-state index in [2.05, 4.69) is 28.7 Å². The van der Waals surface area contributed by atoms with E-state index in [0.717, 1.165) is 24.5 Å². The van der Waals surface area contributed by atoms with Crippen LogP contribution in [0, 0.1) is 23.0 Å². The van der Waals surface area contributed by atoms with Crippen LogP contribution in [-0.4, -0.2) is 27.5 Å². The van der Waals surface area contributed by atoms with Crippen molar-refractivity contribution in [1.29, 1.82) is 0 Å². The van der Waals surface area contributed by atoms with Crippen molar-refractivity contribution >= 4 is 11.5 Å². The van der Waals surface area contributed by atoms with Gasteiger partial charge in [0.25, 0.3) is 5.69 Å². The van der Waals surface area contributed by atoms with Crippen molar-refractivity contribution in [2.45, 2.75) is 33.2 Å². The van der Waals surface area contributed by atoms with Crippen molar-refractivity contribution < 1.29 is 4.92 Å². The molecule has 3 rings (SSSR count). The zero-order chi connectivity index (χ0) is 16.6. The van der Waals surface area contributed by atoms with Gasteiger partial charge in [0.15, 0.2) is 5.82 Å². The van der Waals surface area contributed by atoms with Gasteiger partial charge in [0.2, 0.25) is 0 Å². The summed E-state index contributed by atoms with van der Waals surface area (Å²) in [6.45, 7) is 7.37. The van der Waals surface area contributed by atoms with Gasteiger partial charge in [-0.05, 0) is 26.2 Å². The molecule has 120 valence electrons. The minimum Gasteiger partial charge on any atom is -0.354 e. The molecule has 1 aromatic heterocycles. The van der Waals surface area contributed by atoms with Crippen LogP contribution in [-0.2, 0) is 0 Å². The Morgan fingerprint density at radius 2 is 2.04 bits per heavy atom. The molecule has 1 saturated heterocycles. The molecule has 0 saturated carbocycles. The second-order valence-electron chi connectivity index (χ2n) is 6.20. The van der Waals surface area contributed by atoms with Crippen LogP contribution in [0.3, 0.4) is 0 Å². The molecular formula is C17H20N4O2. The van der Waals surface area contributed by atoms with Crippen LogP contribution in [0.25, 0.3) is 11.4 Å². The molecule has 2 unspecified atom stereocenters. The van der Waals surface area contributed by atoms with Gasteiger partial charge in [0, 0.05) is 42.0 Å². The van der Waals surface area contributed by atoms with Crippen LogP contribution < -0.4 is 4.90 Å². The Morgan fingerprint density at radius 1 is 1.26 bits per heavy atom. The number of benzene rings is 1. The number of hydrogen-bond donors (Lipinski definition) is 0. The molecule has 2 heterocycles. The molecule has 6 nitrogen and oxygen atoms in total. The molecule has 0 radical (unpaired) electrons. The SMILES string of the molecule is Cc1cc(N2CCC(C)C2C)nc(-c2cccc([N+](=O)[O-])c2)n1. The zero-order valence-electron chi connectivity index (χ0n) is 13.6. The first-order chi connectivity index (χ1) is 11.0. The van der Waals surface area contributed by atoms with Crippen LogP contribution in [0.1, 0.15) is 26.0 Å². The lowest BCUT2D eigenvalue weighted by molar-refractivity contribution is -0.384. The average Bonchev–Trinajstić information content (AvgIpc) is 2.86. The smallest absolute Gasteiger partial charge is 0.270 e. The normalized spacial score (nSPS) is 20.7. The van der Waals surface area contributed by atoms with Crippen molar-refractivity contribution in [3.05, 3.63) is 46.1 Å². The first kappa shape index (κ1) is 15.4. The molecule has 0 aliphatic carbocycles. The quantitative estimate of drug-likeness (QED) is 0.639. The lowest BCUT2D eigenvalue weighted by atomic mass is 10.1. The predicted molar refractivity (Wildman–Crippen MR) is 89.4 cm³/mol. The molecule has 6 heteroatoms. The van der Waals surface area contributed by atoms with E-state index in [0.29, 0.717) is 23.3 Å². The Balaban J connectivity index is 2.01. The van der Waals surface area contributed by atoms with Gasteiger partial charge < -0.3 is 4.90 Å². The molecule has 23 heavy (non-hydrogen) atoms. The van der Waals surface area contributed by atoms with Crippen LogP contribution in [0.15, 0.2) is 30.3 Å². The number of nitro groups is 1. The van der Waals surface area contributed by atoms with Crippen molar-refractivity contribution in [1.82, 2.24) is 9.97 Å². The zero-order valence-corrected chi connectivity index (χ0v) is 13.6. The Morgan fingerprint density at radius 3 is 2.70 bits per heavy atom. The molecule has 1 aliphatic heterocycles. The number of aromatic nitrogens is 2. The summed E-state index contributed by atoms with van der Waals surface area (Å²) in [5, 5.41) is 11.0. The summed E-state index contributed by atoms with van der Waals surface area (Å²) >= 11 is 0. The summed E-state index contributed by atoms with van der Waals surface area (Å²) in [6.07, 6.45) is 1.15. The van der Waals surface area contributed by atoms with E-state index in [1.807, 2.05) is 19.1 Å². The topological polar surface area (TPSA) is 72.2 Å². The van der Waals surface area contributed by atoms with Crippen molar-refractivity contribution in [2.75, 3.05) is 11.4 Å². The number of anilines is 1. The summed E-state index contributed by atoms with van der Waals surface area (Å²) in [4.78, 5) is 22.0. The minimum absolute atomic E-state index is 0.0531. The van der Waals surface area contributed by atoms with Crippen LogP contribution >= 0.6 is 0 Å². The van der Waals surface area contributed by atoms with Gasteiger partial charge in [-0.3, -0.25) is 10.1 Å². The molecule has 1 aromatic carbocycles. The maximum atomic E-state index is 11.0. The summed E-state index contributed by atoms with van der Waals surface area (Å²) in [6, 6.07) is 8.89. The Hall–Kier alpha value is -2.50. The van der Waals surface area contributed by atoms with E-state index in [-0.39, 0.29) is 5.69 Å². The summed E-state index contributed by atoms with van der Waals surface area (Å²) in [7, 11) is 0. The lowest BCUT2D eigenvalue weighted by Crippen LogP contribution is -2.30. The molecule has 1 aliphatic rings. The van der Waals surface area contributed by atoms with E-state index in [4.69, 9.17) is 0 Å². The maximum absolute atomic E-state index is 11.0. The predicted octanol–water partition coefficient (Wildman–Crippen LogP) is 3.59. The average molecular weight is 312 g/mol. The van der Waals surface area contributed by atoms with Crippen LogP contribution in [0.5, 0.6) is 0 Å². The largest absolute Gasteiger partial charge is 0.354 e. The molecule has 0 N–H and O–H groups in total. The number of non-ortho nitro benzene ring substituents is 1. The fourth-order valence-corrected chi connectivity index (χ4v) is 3.00. The highest BCUT2D eigenvalue weighted by Gasteiger charge is 2.28. The second kappa shape index (κ2) is 5.95. The van der Waals surface area contributed by atoms with Gasteiger partial charge in [-0.2, -0.15) is 0 Å². The van der Waals surface area contributed by atoms with E-state index in [9.17, 15) is 10.1 Å². The van der Waals surface area contributed by atoms with Gasteiger partial charge in [-0.25, -0.2) is 9.97 Å². The fourth-order valence-electron chi connectivity index (χ4n) is 3.00. The molecule has 1 fully saturated rings. The molecule has 0 spiro atoms. The number of rotatable bonds is 3. The highest BCUT2D eigenvalue weighted by Crippen LogP contribution is 2.30. The van der Waals surface area contributed by atoms with Gasteiger partial charge in [-0.1, -0.05) is 19.1 Å². The molecule has 0 amide bonds. The second-order valence-corrected chi connectivity index (χ2v) is 6.20. The summed E-state index contributed by atoms with van der Waals surface area (Å²) in [5.74, 6) is 2.07. The Labute approximate surface area is 135 Å². The molecule has 2 atom stereocenters. The Kier molecular flexibility index (Phi) is 3.98.